The number of fused-ring (bicyclic) bond motifs is 13. The normalized spacial score (nSPS) is 21.7. The minimum Gasteiger partial charge on any atom is -0.269 e. The number of benzene rings is 10. The molecule has 10 aromatic rings. The fourth-order valence-electron chi connectivity index (χ4n) is 15.0. The van der Waals surface area contributed by atoms with Crippen LogP contribution in [0.5, 0.6) is 0 Å². The van der Waals surface area contributed by atoms with E-state index in [-0.39, 0.29) is 0 Å². The van der Waals surface area contributed by atoms with Gasteiger partial charge in [0.15, 0.2) is 0 Å². The van der Waals surface area contributed by atoms with Crippen molar-refractivity contribution in [3.63, 3.8) is 0 Å². The lowest BCUT2D eigenvalue weighted by Gasteiger charge is -2.47. The first-order valence-corrected chi connectivity index (χ1v) is 30.7. The standard InChI is InChI=1S/C24H18.C14H12.C14H10.C14H18.C10H16.C4H5N/c1-4-10-19(11-5-1)22-16-23(20-12-6-2-7-13-20)18-24(17-22)21-14-8-3-9-15-21;1-3-7-13-11(5-1)9-10-12-6-2-4-8-14(12)13;1-2-6-12-10-14-8-4-3-7-13(14)9-11(12)5-1;1-2-4-13(5-3-1)14-9-6-12(7-10-14)8-11-14;1-2-9-7-4-5-8(6-7)10(9)3-1;1-2-4-5-3-1/h1-18H;1-8H,9-10H2;1-10H;1-5,12H,6-11H2;7-10H,1-6H2;1,3-4H,2H2. The summed E-state index contributed by atoms with van der Waals surface area (Å²) in [5, 5.41) is 5.25. The van der Waals surface area contributed by atoms with Crippen LogP contribution in [0.1, 0.15) is 100 Å². The van der Waals surface area contributed by atoms with Gasteiger partial charge in [-0.2, -0.15) is 0 Å². The van der Waals surface area contributed by atoms with Crippen LogP contribution in [0.3, 0.4) is 0 Å². The Morgan fingerprint density at radius 2 is 0.728 bits per heavy atom. The van der Waals surface area contributed by atoms with Crippen molar-refractivity contribution in [1.29, 1.82) is 0 Å². The lowest BCUT2D eigenvalue weighted by atomic mass is 9.58. The number of rotatable bonds is 4. The predicted molar refractivity (Wildman–Crippen MR) is 347 cm³/mol. The molecule has 4 unspecified atom stereocenters. The first kappa shape index (κ1) is 53.8. The minimum absolute atomic E-state index is 0.579. The number of nitrogens with zero attached hydrogens (tertiary/aromatic N) is 1. The van der Waals surface area contributed by atoms with Crippen molar-refractivity contribution in [2.75, 3.05) is 0 Å². The molecule has 0 spiro atoms. The summed E-state index contributed by atoms with van der Waals surface area (Å²) in [6.45, 7) is 0. The second kappa shape index (κ2) is 26.2. The van der Waals surface area contributed by atoms with E-state index in [1.807, 2.05) is 12.3 Å². The zero-order valence-electron chi connectivity index (χ0n) is 47.3. The van der Waals surface area contributed by atoms with Crippen molar-refractivity contribution in [2.45, 2.75) is 102 Å². The van der Waals surface area contributed by atoms with Gasteiger partial charge in [-0.25, -0.2) is 0 Å². The zero-order valence-corrected chi connectivity index (χ0v) is 47.3. The van der Waals surface area contributed by atoms with Gasteiger partial charge in [0.25, 0.3) is 0 Å². The summed E-state index contributed by atoms with van der Waals surface area (Å²) in [6, 6.07) is 88.6. The molecule has 8 aliphatic rings. The molecule has 0 amide bonds. The predicted octanol–water partition coefficient (Wildman–Crippen LogP) is 21.8. The van der Waals surface area contributed by atoms with Crippen molar-refractivity contribution in [3.05, 3.63) is 278 Å². The van der Waals surface area contributed by atoms with Crippen molar-refractivity contribution in [3.8, 4) is 44.5 Å². The molecular formula is C80H79N. The Hall–Kier alpha value is -7.87. The van der Waals surface area contributed by atoms with Crippen molar-refractivity contribution < 1.29 is 0 Å². The van der Waals surface area contributed by atoms with Crippen LogP contribution in [-0.2, 0) is 18.3 Å². The average Bonchev–Trinajstić information content (AvgIpc) is 4.52. The Morgan fingerprint density at radius 3 is 1.11 bits per heavy atom. The van der Waals surface area contributed by atoms with Crippen molar-refractivity contribution in [1.82, 2.24) is 0 Å². The molecule has 0 aromatic heterocycles. The number of allylic oxidation sites excluding steroid dienone is 1. The fraction of sp³-hybridized carbons (Fsp3) is 0.263. The SMILES string of the molecule is C1=CN=CC1.C1CC2C3CCC(C3)C2C1.c1ccc(-c2cc(-c3ccccc3)cc(-c3ccccc3)c2)cc1.c1ccc(C23CCC(CC2)CC3)cc1.c1ccc2c(c1)CCc1ccccc1-2.c1ccc2cc3ccccc3cc2c1. The van der Waals surface area contributed by atoms with Gasteiger partial charge in [0.05, 0.1) is 0 Å². The summed E-state index contributed by atoms with van der Waals surface area (Å²) < 4.78 is 0. The number of aryl methyl sites for hydroxylation is 2. The van der Waals surface area contributed by atoms with Crippen LogP contribution in [0, 0.1) is 29.6 Å². The molecule has 404 valence electrons. The van der Waals surface area contributed by atoms with Crippen LogP contribution in [0.4, 0.5) is 0 Å². The largest absolute Gasteiger partial charge is 0.269 e. The summed E-state index contributed by atoms with van der Waals surface area (Å²) >= 11 is 0. The molecule has 0 saturated heterocycles. The Kier molecular flexibility index (Phi) is 17.4. The first-order valence-electron chi connectivity index (χ1n) is 30.7. The molecule has 4 atom stereocenters. The van der Waals surface area contributed by atoms with Gasteiger partial charge in [0, 0.05) is 18.8 Å². The third-order valence-electron chi connectivity index (χ3n) is 19.2. The van der Waals surface area contributed by atoms with Crippen LogP contribution in [0.2, 0.25) is 0 Å². The van der Waals surface area contributed by atoms with E-state index in [9.17, 15) is 0 Å². The summed E-state index contributed by atoms with van der Waals surface area (Å²) in [4.78, 5) is 3.78. The van der Waals surface area contributed by atoms with E-state index in [4.69, 9.17) is 0 Å². The quantitative estimate of drug-likeness (QED) is 0.156. The maximum Gasteiger partial charge on any atom is 0.0227 e. The Balaban J connectivity index is 0.000000101. The van der Waals surface area contributed by atoms with Crippen LogP contribution < -0.4 is 0 Å². The van der Waals surface area contributed by atoms with Crippen LogP contribution in [-0.4, -0.2) is 6.21 Å². The second-order valence-corrected chi connectivity index (χ2v) is 23.9. The summed E-state index contributed by atoms with van der Waals surface area (Å²) in [6.07, 6.45) is 27.4. The smallest absolute Gasteiger partial charge is 0.0227 e. The molecule has 1 aliphatic heterocycles. The van der Waals surface area contributed by atoms with Crippen LogP contribution >= 0.6 is 0 Å². The number of hydrogen-bond acceptors (Lipinski definition) is 1. The highest BCUT2D eigenvalue weighted by Gasteiger charge is 2.49. The van der Waals surface area contributed by atoms with Gasteiger partial charge in [-0.15, -0.1) is 0 Å². The second-order valence-electron chi connectivity index (χ2n) is 23.9. The molecule has 6 fully saturated rings. The van der Waals surface area contributed by atoms with E-state index in [0.29, 0.717) is 5.41 Å². The summed E-state index contributed by atoms with van der Waals surface area (Å²) in [7, 11) is 0. The topological polar surface area (TPSA) is 12.4 Å². The van der Waals surface area contributed by atoms with Gasteiger partial charge in [0.2, 0.25) is 0 Å². The minimum atomic E-state index is 0.579. The highest BCUT2D eigenvalue weighted by molar-refractivity contribution is 5.98. The van der Waals surface area contributed by atoms with E-state index in [2.05, 4.69) is 254 Å². The van der Waals surface area contributed by atoms with Gasteiger partial charge < -0.3 is 0 Å². The number of aliphatic imine (C=N–C) groups is 1. The molecular weight excluding hydrogens is 975 g/mol. The zero-order chi connectivity index (χ0) is 54.5. The van der Waals surface area contributed by atoms with Crippen LogP contribution in [0.25, 0.3) is 66.1 Å². The lowest BCUT2D eigenvalue weighted by molar-refractivity contribution is 0.136. The third-order valence-corrected chi connectivity index (χ3v) is 19.2. The van der Waals surface area contributed by atoms with Crippen molar-refractivity contribution in [2.24, 2.45) is 34.6 Å². The molecule has 0 N–H and O–H groups in total. The molecule has 7 aliphatic carbocycles. The van der Waals surface area contributed by atoms with Gasteiger partial charge >= 0.3 is 0 Å². The highest BCUT2D eigenvalue weighted by Crippen LogP contribution is 2.58. The highest BCUT2D eigenvalue weighted by atomic mass is 14.7. The Labute approximate surface area is 483 Å². The summed E-state index contributed by atoms with van der Waals surface area (Å²) in [5.41, 5.74) is 15.5. The maximum atomic E-state index is 3.78. The van der Waals surface area contributed by atoms with E-state index in [0.717, 1.165) is 12.3 Å². The molecule has 1 heteroatoms. The number of hydrogen-bond donors (Lipinski definition) is 0. The summed E-state index contributed by atoms with van der Waals surface area (Å²) in [5.74, 6) is 5.87. The average molecular weight is 1050 g/mol. The van der Waals surface area contributed by atoms with Gasteiger partial charge in [-0.3, -0.25) is 4.99 Å². The molecule has 18 rings (SSSR count). The van der Waals surface area contributed by atoms with Gasteiger partial charge in [0.1, 0.15) is 0 Å². The van der Waals surface area contributed by atoms with E-state index in [1.54, 1.807) is 50.3 Å². The maximum absolute atomic E-state index is 3.78. The van der Waals surface area contributed by atoms with Crippen LogP contribution in [0.15, 0.2) is 266 Å². The molecule has 10 aromatic carbocycles. The molecule has 4 bridgehead atoms. The van der Waals surface area contributed by atoms with E-state index in [1.165, 1.54) is 152 Å². The monoisotopic (exact) mass is 1050 g/mol. The third kappa shape index (κ3) is 13.0. The fourth-order valence-corrected chi connectivity index (χ4v) is 15.0. The first-order chi connectivity index (χ1) is 40.1. The Bertz CT molecular complexity index is 3330. The van der Waals surface area contributed by atoms with Crippen molar-refractivity contribution >= 4 is 27.8 Å². The molecule has 81 heavy (non-hydrogen) atoms. The Morgan fingerprint density at radius 1 is 0.346 bits per heavy atom. The molecule has 1 nitrogen and oxygen atoms in total. The van der Waals surface area contributed by atoms with E-state index >= 15 is 0 Å². The lowest BCUT2D eigenvalue weighted by Crippen LogP contribution is -2.37. The van der Waals surface area contributed by atoms with E-state index < -0.39 is 0 Å². The van der Waals surface area contributed by atoms with Gasteiger partial charge in [-0.05, 0) is 232 Å². The van der Waals surface area contributed by atoms with Gasteiger partial charge in [-0.1, -0.05) is 231 Å². The molecule has 0 radical (unpaired) electrons. The molecule has 1 heterocycles. The molecule has 6 saturated carbocycles.